The summed E-state index contributed by atoms with van der Waals surface area (Å²) >= 11 is 0.854. The highest BCUT2D eigenvalue weighted by Gasteiger charge is 2.38. The summed E-state index contributed by atoms with van der Waals surface area (Å²) in [6.45, 7) is 0. The predicted molar refractivity (Wildman–Crippen MR) is 79.8 cm³/mol. The number of carbonyl (C=O) groups excluding carboxylic acids is 3. The van der Waals surface area contributed by atoms with Crippen molar-refractivity contribution in [1.29, 1.82) is 0 Å². The molecule has 7 nitrogen and oxygen atoms in total. The van der Waals surface area contributed by atoms with Crippen LogP contribution in [0.1, 0.15) is 31.1 Å². The van der Waals surface area contributed by atoms with Gasteiger partial charge in [-0.2, -0.15) is 0 Å². The lowest BCUT2D eigenvalue weighted by Gasteiger charge is -2.11. The summed E-state index contributed by atoms with van der Waals surface area (Å²) in [6, 6.07) is 7.23. The molecule has 0 unspecified atom stereocenters. The molecule has 0 atom stereocenters. The van der Waals surface area contributed by atoms with Crippen molar-refractivity contribution in [3.63, 3.8) is 0 Å². The van der Waals surface area contributed by atoms with E-state index in [9.17, 15) is 22.8 Å². The molecule has 0 N–H and O–H groups in total. The Morgan fingerprint density at radius 2 is 1.70 bits per heavy atom. The Labute approximate surface area is 135 Å². The van der Waals surface area contributed by atoms with Gasteiger partial charge in [-0.05, 0) is 18.2 Å². The van der Waals surface area contributed by atoms with Crippen molar-refractivity contribution in [2.45, 2.75) is 4.21 Å². The number of amides is 2. The minimum Gasteiger partial charge on any atom is -0.324 e. The largest absolute Gasteiger partial charge is 0.364 e. The maximum Gasteiger partial charge on any atom is 0.364 e. The van der Waals surface area contributed by atoms with E-state index < -0.39 is 27.6 Å². The number of sulfone groups is 1. The fourth-order valence-corrected chi connectivity index (χ4v) is 3.79. The second-order valence-corrected chi connectivity index (χ2v) is 7.91. The zero-order chi connectivity index (χ0) is 16.8. The first-order chi connectivity index (χ1) is 10.8. The van der Waals surface area contributed by atoms with Crippen molar-refractivity contribution >= 4 is 39.0 Å². The summed E-state index contributed by atoms with van der Waals surface area (Å²) < 4.78 is 22.8. The van der Waals surface area contributed by atoms with Gasteiger partial charge >= 0.3 is 5.97 Å². The Balaban J connectivity index is 1.83. The van der Waals surface area contributed by atoms with E-state index in [0.717, 1.165) is 23.7 Å². The molecular weight excluding hydrogens is 342 g/mol. The molecule has 0 radical (unpaired) electrons. The number of hydrogen-bond donors (Lipinski definition) is 0. The Morgan fingerprint density at radius 3 is 2.17 bits per heavy atom. The first-order valence-corrected chi connectivity index (χ1v) is 9.05. The number of imide groups is 1. The van der Waals surface area contributed by atoms with Crippen LogP contribution in [0.2, 0.25) is 0 Å². The first-order valence-electron chi connectivity index (χ1n) is 6.28. The maximum absolute atomic E-state index is 12.1. The molecule has 1 aromatic heterocycles. The van der Waals surface area contributed by atoms with Crippen LogP contribution >= 0.6 is 11.3 Å². The topological polar surface area (TPSA) is 97.8 Å². The number of fused-ring (bicyclic) bond motifs is 1. The van der Waals surface area contributed by atoms with Gasteiger partial charge in [0.1, 0.15) is 4.21 Å². The van der Waals surface area contributed by atoms with E-state index in [4.69, 9.17) is 4.84 Å². The van der Waals surface area contributed by atoms with Gasteiger partial charge in [0, 0.05) is 11.6 Å². The molecule has 118 valence electrons. The molecule has 1 aliphatic rings. The zero-order valence-corrected chi connectivity index (χ0v) is 13.3. The Hall–Kier alpha value is -2.52. The van der Waals surface area contributed by atoms with Gasteiger partial charge in [-0.3, -0.25) is 9.59 Å². The second kappa shape index (κ2) is 5.28. The molecule has 0 saturated heterocycles. The van der Waals surface area contributed by atoms with Crippen LogP contribution in [0.3, 0.4) is 0 Å². The van der Waals surface area contributed by atoms with Gasteiger partial charge in [0.15, 0.2) is 9.84 Å². The fourth-order valence-electron chi connectivity index (χ4n) is 2.00. The third-order valence-electron chi connectivity index (χ3n) is 3.11. The van der Waals surface area contributed by atoms with Crippen LogP contribution in [-0.4, -0.2) is 37.5 Å². The normalized spacial score (nSPS) is 14.0. The van der Waals surface area contributed by atoms with Crippen LogP contribution < -0.4 is 0 Å². The molecule has 0 aliphatic carbocycles. The molecule has 0 fully saturated rings. The quantitative estimate of drug-likeness (QED) is 0.778. The molecule has 2 amide bonds. The third kappa shape index (κ3) is 2.64. The number of thiophene rings is 1. The van der Waals surface area contributed by atoms with E-state index in [0.29, 0.717) is 5.06 Å². The van der Waals surface area contributed by atoms with E-state index in [1.165, 1.54) is 17.5 Å². The summed E-state index contributed by atoms with van der Waals surface area (Å²) in [5.74, 6) is -2.46. The van der Waals surface area contributed by atoms with Crippen LogP contribution in [0.25, 0.3) is 0 Å². The van der Waals surface area contributed by atoms with Crippen molar-refractivity contribution in [3.8, 4) is 0 Å². The third-order valence-corrected chi connectivity index (χ3v) is 5.88. The Morgan fingerprint density at radius 1 is 1.13 bits per heavy atom. The summed E-state index contributed by atoms with van der Waals surface area (Å²) in [4.78, 5) is 41.0. The summed E-state index contributed by atoms with van der Waals surface area (Å²) in [7, 11) is -3.44. The lowest BCUT2D eigenvalue weighted by atomic mass is 10.1. The lowest BCUT2D eigenvalue weighted by molar-refractivity contribution is -0.0584. The molecule has 0 bridgehead atoms. The molecule has 3 rings (SSSR count). The van der Waals surface area contributed by atoms with Gasteiger partial charge < -0.3 is 4.84 Å². The maximum atomic E-state index is 12.1. The second-order valence-electron chi connectivity index (χ2n) is 4.76. The molecule has 0 saturated carbocycles. The van der Waals surface area contributed by atoms with E-state index in [1.807, 2.05) is 0 Å². The minimum atomic E-state index is -3.44. The molecule has 0 spiro atoms. The number of hydroxylamine groups is 2. The molecule has 1 aliphatic heterocycles. The van der Waals surface area contributed by atoms with Crippen LogP contribution in [-0.2, 0) is 14.7 Å². The highest BCUT2D eigenvalue weighted by atomic mass is 32.2. The summed E-state index contributed by atoms with van der Waals surface area (Å²) in [6.07, 6.45) is 1.01. The average Bonchev–Trinajstić information content (AvgIpc) is 3.08. The van der Waals surface area contributed by atoms with Crippen LogP contribution in [0.4, 0.5) is 0 Å². The fraction of sp³-hybridized carbons (Fsp3) is 0.0714. The van der Waals surface area contributed by atoms with Crippen molar-refractivity contribution in [1.82, 2.24) is 5.06 Å². The van der Waals surface area contributed by atoms with Gasteiger partial charge in [0.2, 0.25) is 0 Å². The molecule has 2 aromatic rings. The van der Waals surface area contributed by atoms with Crippen molar-refractivity contribution in [3.05, 3.63) is 52.4 Å². The summed E-state index contributed by atoms with van der Waals surface area (Å²) in [5, 5.41) is 1.67. The molecule has 1 aromatic carbocycles. The smallest absolute Gasteiger partial charge is 0.324 e. The van der Waals surface area contributed by atoms with Crippen LogP contribution in [0, 0.1) is 0 Å². The zero-order valence-electron chi connectivity index (χ0n) is 11.7. The van der Waals surface area contributed by atoms with E-state index in [-0.39, 0.29) is 20.9 Å². The Kier molecular flexibility index (Phi) is 3.53. The lowest BCUT2D eigenvalue weighted by Crippen LogP contribution is -2.32. The van der Waals surface area contributed by atoms with Gasteiger partial charge in [-0.15, -0.1) is 11.3 Å². The first kappa shape index (κ1) is 15.4. The minimum absolute atomic E-state index is 0.00758. The van der Waals surface area contributed by atoms with Gasteiger partial charge in [-0.25, -0.2) is 13.2 Å². The van der Waals surface area contributed by atoms with Gasteiger partial charge in [-0.1, -0.05) is 17.2 Å². The summed E-state index contributed by atoms with van der Waals surface area (Å²) in [5.41, 5.74) is 0.242. The average molecular weight is 351 g/mol. The van der Waals surface area contributed by atoms with E-state index in [1.54, 1.807) is 12.1 Å². The highest BCUT2D eigenvalue weighted by molar-refractivity contribution is 7.92. The monoisotopic (exact) mass is 351 g/mol. The van der Waals surface area contributed by atoms with E-state index in [2.05, 4.69) is 0 Å². The van der Waals surface area contributed by atoms with E-state index >= 15 is 0 Å². The predicted octanol–water partition coefficient (Wildman–Crippen LogP) is 1.52. The standard InChI is InChI=1S/C14H9NO6S2/c1-23(19,20)11-6-8(7-22-11)14(18)21-15-12(16)9-4-2-3-5-10(9)13(15)17/h2-7H,1H3. The van der Waals surface area contributed by atoms with Crippen molar-refractivity contribution in [2.75, 3.05) is 6.26 Å². The van der Waals surface area contributed by atoms with Crippen LogP contribution in [0.15, 0.2) is 39.9 Å². The number of hydrogen-bond acceptors (Lipinski definition) is 7. The van der Waals surface area contributed by atoms with Crippen molar-refractivity contribution < 1.29 is 27.6 Å². The SMILES string of the molecule is CS(=O)(=O)c1cc(C(=O)ON2C(=O)c3ccccc3C2=O)cs1. The van der Waals surface area contributed by atoms with Gasteiger partial charge in [0.05, 0.1) is 16.7 Å². The van der Waals surface area contributed by atoms with Crippen LogP contribution in [0.5, 0.6) is 0 Å². The number of rotatable bonds is 3. The van der Waals surface area contributed by atoms with Gasteiger partial charge in [0.25, 0.3) is 11.8 Å². The molecule has 23 heavy (non-hydrogen) atoms. The van der Waals surface area contributed by atoms with Crippen molar-refractivity contribution in [2.24, 2.45) is 0 Å². The number of carbonyl (C=O) groups is 3. The highest BCUT2D eigenvalue weighted by Crippen LogP contribution is 2.25. The number of benzene rings is 1. The molecule has 9 heteroatoms. The number of nitrogens with zero attached hydrogens (tertiary/aromatic N) is 1. The molecule has 2 heterocycles. The Bertz CT molecular complexity index is 909. The molecular formula is C14H9NO6S2.